The number of hydrogen-bond donors (Lipinski definition) is 0. The number of carbonyl (C=O) groups excluding carboxylic acids is 1. The van der Waals surface area contributed by atoms with Crippen LogP contribution in [0.1, 0.15) is 16.7 Å². The Labute approximate surface area is 217 Å². The summed E-state index contributed by atoms with van der Waals surface area (Å²) < 4.78 is 17.0. The van der Waals surface area contributed by atoms with Crippen LogP contribution in [0, 0.1) is 11.3 Å². The zero-order valence-electron chi connectivity index (χ0n) is 18.8. The monoisotopic (exact) mass is 522 g/mol. The van der Waals surface area contributed by atoms with Gasteiger partial charge >= 0.3 is 0 Å². The van der Waals surface area contributed by atoms with E-state index in [9.17, 15) is 10.1 Å². The Kier molecular flexibility index (Phi) is 7.61. The first-order chi connectivity index (χ1) is 16.9. The molecule has 1 aliphatic heterocycles. The van der Waals surface area contributed by atoms with Gasteiger partial charge in [-0.2, -0.15) is 5.26 Å². The van der Waals surface area contributed by atoms with E-state index in [1.165, 1.54) is 23.8 Å². The van der Waals surface area contributed by atoms with Crippen molar-refractivity contribution in [2.75, 3.05) is 19.1 Å². The quantitative estimate of drug-likeness (QED) is 0.269. The smallest absolute Gasteiger partial charge is 0.270 e. The summed E-state index contributed by atoms with van der Waals surface area (Å²) in [7, 11) is 3.09. The average Bonchev–Trinajstić information content (AvgIpc) is 3.15. The van der Waals surface area contributed by atoms with Gasteiger partial charge in [-0.05, 0) is 54.1 Å². The van der Waals surface area contributed by atoms with Crippen LogP contribution in [0.2, 0.25) is 5.02 Å². The molecule has 1 fully saturated rings. The van der Waals surface area contributed by atoms with Crippen molar-refractivity contribution in [2.45, 2.75) is 6.61 Å². The third-order valence-electron chi connectivity index (χ3n) is 5.18. The van der Waals surface area contributed by atoms with Crippen molar-refractivity contribution in [2.24, 2.45) is 0 Å². The second-order valence-electron chi connectivity index (χ2n) is 7.31. The number of rotatable bonds is 7. The molecule has 4 rings (SSSR count). The van der Waals surface area contributed by atoms with Crippen molar-refractivity contribution in [3.05, 3.63) is 87.3 Å². The predicted molar refractivity (Wildman–Crippen MR) is 142 cm³/mol. The lowest BCUT2D eigenvalue weighted by atomic mass is 10.1. The number of thiocarbonyl (C=S) groups is 1. The molecule has 0 spiro atoms. The fraction of sp³-hybridized carbons (Fsp3) is 0.115. The first kappa shape index (κ1) is 24.6. The minimum absolute atomic E-state index is 0.152. The summed E-state index contributed by atoms with van der Waals surface area (Å²) >= 11 is 13.2. The van der Waals surface area contributed by atoms with Gasteiger partial charge in [0.1, 0.15) is 12.4 Å². The molecule has 0 atom stereocenters. The van der Waals surface area contributed by atoms with E-state index in [-0.39, 0.29) is 12.5 Å². The molecule has 6 nitrogen and oxygen atoms in total. The van der Waals surface area contributed by atoms with Crippen LogP contribution in [-0.4, -0.2) is 24.4 Å². The highest BCUT2D eigenvalue weighted by molar-refractivity contribution is 8.27. The van der Waals surface area contributed by atoms with E-state index in [1.807, 2.05) is 12.1 Å². The zero-order chi connectivity index (χ0) is 24.9. The van der Waals surface area contributed by atoms with Crippen LogP contribution in [0.3, 0.4) is 0 Å². The molecular weight excluding hydrogens is 504 g/mol. The molecule has 3 aromatic carbocycles. The van der Waals surface area contributed by atoms with E-state index >= 15 is 0 Å². The molecule has 1 heterocycles. The molecule has 9 heteroatoms. The van der Waals surface area contributed by atoms with Gasteiger partial charge < -0.3 is 14.2 Å². The van der Waals surface area contributed by atoms with E-state index < -0.39 is 0 Å². The van der Waals surface area contributed by atoms with Gasteiger partial charge in [-0.25, -0.2) is 0 Å². The Morgan fingerprint density at radius 2 is 1.86 bits per heavy atom. The van der Waals surface area contributed by atoms with Gasteiger partial charge in [0.25, 0.3) is 5.91 Å². The second-order valence-corrected chi connectivity index (χ2v) is 9.39. The van der Waals surface area contributed by atoms with Gasteiger partial charge in [0.05, 0.1) is 41.5 Å². The maximum absolute atomic E-state index is 13.1. The van der Waals surface area contributed by atoms with Gasteiger partial charge in [-0.3, -0.25) is 9.69 Å². The molecule has 0 radical (unpaired) electrons. The minimum atomic E-state index is -0.228. The van der Waals surface area contributed by atoms with E-state index in [2.05, 4.69) is 6.07 Å². The third-order valence-corrected chi connectivity index (χ3v) is 6.77. The summed E-state index contributed by atoms with van der Waals surface area (Å²) in [6.45, 7) is 0.152. The molecule has 0 aromatic heterocycles. The van der Waals surface area contributed by atoms with E-state index in [0.29, 0.717) is 48.3 Å². The second kappa shape index (κ2) is 10.8. The van der Waals surface area contributed by atoms with Crippen LogP contribution in [0.4, 0.5) is 5.69 Å². The van der Waals surface area contributed by atoms with E-state index in [0.717, 1.165) is 5.56 Å². The molecule has 1 saturated heterocycles. The number of methoxy groups -OCH3 is 2. The first-order valence-corrected chi connectivity index (χ1v) is 12.0. The Morgan fingerprint density at radius 1 is 1.11 bits per heavy atom. The fourth-order valence-electron chi connectivity index (χ4n) is 3.44. The van der Waals surface area contributed by atoms with Crippen LogP contribution >= 0.6 is 35.6 Å². The number of nitriles is 1. The Morgan fingerprint density at radius 3 is 2.54 bits per heavy atom. The largest absolute Gasteiger partial charge is 0.497 e. The van der Waals surface area contributed by atoms with Crippen molar-refractivity contribution in [1.29, 1.82) is 5.26 Å². The summed E-state index contributed by atoms with van der Waals surface area (Å²) in [6, 6.07) is 19.9. The van der Waals surface area contributed by atoms with Crippen LogP contribution in [0.5, 0.6) is 17.2 Å². The van der Waals surface area contributed by atoms with Crippen molar-refractivity contribution >= 4 is 57.6 Å². The summed E-state index contributed by atoms with van der Waals surface area (Å²) in [4.78, 5) is 15.0. The Balaban J connectivity index is 1.58. The van der Waals surface area contributed by atoms with Crippen LogP contribution in [-0.2, 0) is 11.4 Å². The summed E-state index contributed by atoms with van der Waals surface area (Å²) in [6.07, 6.45) is 1.71. The van der Waals surface area contributed by atoms with Crippen molar-refractivity contribution < 1.29 is 19.0 Å². The number of anilines is 1. The maximum atomic E-state index is 13.1. The average molecular weight is 523 g/mol. The van der Waals surface area contributed by atoms with Crippen molar-refractivity contribution in [3.63, 3.8) is 0 Å². The number of thioether (sulfide) groups is 1. The van der Waals surface area contributed by atoms with E-state index in [1.54, 1.807) is 61.7 Å². The van der Waals surface area contributed by atoms with Gasteiger partial charge in [0.2, 0.25) is 0 Å². The molecule has 176 valence electrons. The molecular formula is C26H19ClN2O4S2. The minimum Gasteiger partial charge on any atom is -0.497 e. The highest BCUT2D eigenvalue weighted by Crippen LogP contribution is 2.40. The standard InChI is InChI=1S/C26H19ClN2O4S2/c1-31-20-9-7-19(8-10-20)29-25(30)23(35-26(29)34)13-16-11-21(27)24(22(12-16)32-2)33-15-18-6-4-3-5-17(18)14-28/h3-13H,15H2,1-2H3/b23-13+. The number of nitrogens with zero attached hydrogens (tertiary/aromatic N) is 2. The van der Waals surface area contributed by atoms with E-state index in [4.69, 9.17) is 38.0 Å². The van der Waals surface area contributed by atoms with Crippen LogP contribution < -0.4 is 19.1 Å². The molecule has 0 aliphatic carbocycles. The number of ether oxygens (including phenoxy) is 3. The normalized spacial score (nSPS) is 14.2. The molecule has 1 aliphatic rings. The summed E-state index contributed by atoms with van der Waals surface area (Å²) in [5, 5.41) is 9.60. The topological polar surface area (TPSA) is 71.8 Å². The van der Waals surface area contributed by atoms with Crippen LogP contribution in [0.15, 0.2) is 65.6 Å². The number of amides is 1. The number of hydrogen-bond acceptors (Lipinski definition) is 7. The number of halogens is 1. The molecule has 0 saturated carbocycles. The lowest BCUT2D eigenvalue weighted by Crippen LogP contribution is -2.27. The molecule has 0 bridgehead atoms. The lowest BCUT2D eigenvalue weighted by molar-refractivity contribution is -0.113. The number of carbonyl (C=O) groups is 1. The zero-order valence-corrected chi connectivity index (χ0v) is 21.2. The fourth-order valence-corrected chi connectivity index (χ4v) is 5.01. The first-order valence-electron chi connectivity index (χ1n) is 10.4. The van der Waals surface area contributed by atoms with Gasteiger partial charge in [0.15, 0.2) is 15.8 Å². The highest BCUT2D eigenvalue weighted by Gasteiger charge is 2.33. The molecule has 35 heavy (non-hydrogen) atoms. The summed E-state index contributed by atoms with van der Waals surface area (Å²) in [5.74, 6) is 1.22. The van der Waals surface area contributed by atoms with Crippen molar-refractivity contribution in [1.82, 2.24) is 0 Å². The highest BCUT2D eigenvalue weighted by atomic mass is 35.5. The summed E-state index contributed by atoms with van der Waals surface area (Å²) in [5.41, 5.74) is 2.58. The molecule has 3 aromatic rings. The van der Waals surface area contributed by atoms with Gasteiger partial charge in [-0.1, -0.05) is 53.8 Å². The molecule has 0 N–H and O–H groups in total. The Hall–Kier alpha value is -3.51. The van der Waals surface area contributed by atoms with Crippen molar-refractivity contribution in [3.8, 4) is 23.3 Å². The SMILES string of the molecule is COc1ccc(N2C(=O)/C(=C\c3cc(Cl)c(OCc4ccccc4C#N)c(OC)c3)SC2=S)cc1. The van der Waals surface area contributed by atoms with Gasteiger partial charge in [-0.15, -0.1) is 0 Å². The Bertz CT molecular complexity index is 1370. The lowest BCUT2D eigenvalue weighted by Gasteiger charge is -2.15. The van der Waals surface area contributed by atoms with Gasteiger partial charge in [0, 0.05) is 5.56 Å². The maximum Gasteiger partial charge on any atom is 0.270 e. The molecule has 0 unspecified atom stereocenters. The molecule has 1 amide bonds. The predicted octanol–water partition coefficient (Wildman–Crippen LogP) is 6.21. The third kappa shape index (κ3) is 5.28. The van der Waals surface area contributed by atoms with Crippen LogP contribution in [0.25, 0.3) is 6.08 Å². The number of benzene rings is 3.